The zero-order valence-electron chi connectivity index (χ0n) is 15.9. The first-order valence-electron chi connectivity index (χ1n) is 8.62. The molecular formula is C17H35NO6. The lowest BCUT2D eigenvalue weighted by Gasteiger charge is -2.08. The fraction of sp³-hybridized carbons (Fsp3) is 0.882. The van der Waals surface area contributed by atoms with Crippen molar-refractivity contribution in [2.24, 2.45) is 5.92 Å². The van der Waals surface area contributed by atoms with Gasteiger partial charge in [-0.2, -0.15) is 0 Å². The molecule has 0 aromatic carbocycles. The van der Waals surface area contributed by atoms with Gasteiger partial charge in [0.1, 0.15) is 6.61 Å². The number of Topliss-reactive ketones (excluding diaryl/α,β-unsaturated/α-hetero) is 1. The molecule has 0 unspecified atom stereocenters. The predicted octanol–water partition coefficient (Wildman–Crippen LogP) is 1.44. The van der Waals surface area contributed by atoms with Gasteiger partial charge in [0.05, 0.1) is 46.2 Å². The molecule has 0 aliphatic heterocycles. The lowest BCUT2D eigenvalue weighted by molar-refractivity contribution is -0.127. The molecular weight excluding hydrogens is 314 g/mol. The number of carbonyl (C=O) groups is 2. The van der Waals surface area contributed by atoms with E-state index in [4.69, 9.17) is 18.9 Å². The van der Waals surface area contributed by atoms with Crippen LogP contribution >= 0.6 is 0 Å². The second-order valence-electron chi connectivity index (χ2n) is 4.99. The molecule has 0 fully saturated rings. The van der Waals surface area contributed by atoms with Crippen LogP contribution in [0, 0.1) is 5.92 Å². The van der Waals surface area contributed by atoms with Crippen LogP contribution in [0.4, 0.5) is 0 Å². The third-order valence-electron chi connectivity index (χ3n) is 2.62. The molecule has 0 spiro atoms. The van der Waals surface area contributed by atoms with Crippen LogP contribution in [-0.2, 0) is 28.5 Å². The minimum absolute atomic E-state index is 0.00905. The Balaban J connectivity index is 0. The first-order valence-corrected chi connectivity index (χ1v) is 8.62. The molecule has 0 aliphatic rings. The summed E-state index contributed by atoms with van der Waals surface area (Å²) in [7, 11) is 0. The van der Waals surface area contributed by atoms with E-state index in [9.17, 15) is 9.59 Å². The molecule has 1 amide bonds. The SMILES string of the molecule is CC.CC(=O)NCCOCCOCCOCCOCC(=O)C(C)C. The zero-order valence-corrected chi connectivity index (χ0v) is 15.9. The van der Waals surface area contributed by atoms with E-state index >= 15 is 0 Å². The second-order valence-corrected chi connectivity index (χ2v) is 4.99. The van der Waals surface area contributed by atoms with Crippen molar-refractivity contribution in [3.63, 3.8) is 0 Å². The summed E-state index contributed by atoms with van der Waals surface area (Å²) in [5, 5.41) is 2.64. The number of nitrogens with one attached hydrogen (secondary N) is 1. The van der Waals surface area contributed by atoms with E-state index in [-0.39, 0.29) is 24.2 Å². The molecule has 7 heteroatoms. The van der Waals surface area contributed by atoms with Crippen LogP contribution in [0.15, 0.2) is 0 Å². The van der Waals surface area contributed by atoms with Crippen molar-refractivity contribution < 1.29 is 28.5 Å². The van der Waals surface area contributed by atoms with E-state index in [2.05, 4.69) is 5.32 Å². The molecule has 24 heavy (non-hydrogen) atoms. The molecule has 0 aromatic rings. The molecule has 7 nitrogen and oxygen atoms in total. The molecule has 0 radical (unpaired) electrons. The highest BCUT2D eigenvalue weighted by Gasteiger charge is 2.06. The average molecular weight is 349 g/mol. The number of amides is 1. The molecule has 0 bridgehead atoms. The number of hydrogen-bond donors (Lipinski definition) is 1. The van der Waals surface area contributed by atoms with Gasteiger partial charge in [-0.1, -0.05) is 27.7 Å². The van der Waals surface area contributed by atoms with Crippen molar-refractivity contribution in [3.8, 4) is 0 Å². The number of rotatable bonds is 15. The van der Waals surface area contributed by atoms with E-state index in [0.717, 1.165) is 0 Å². The van der Waals surface area contributed by atoms with E-state index in [1.54, 1.807) is 0 Å². The highest BCUT2D eigenvalue weighted by Crippen LogP contribution is 1.94. The van der Waals surface area contributed by atoms with Gasteiger partial charge < -0.3 is 24.3 Å². The molecule has 0 heterocycles. The Morgan fingerprint density at radius 1 is 0.792 bits per heavy atom. The van der Waals surface area contributed by atoms with Crippen LogP contribution in [0.5, 0.6) is 0 Å². The van der Waals surface area contributed by atoms with Gasteiger partial charge in [0.2, 0.25) is 5.91 Å². The van der Waals surface area contributed by atoms with E-state index in [1.165, 1.54) is 6.92 Å². The van der Waals surface area contributed by atoms with Crippen LogP contribution in [-0.4, -0.2) is 71.1 Å². The predicted molar refractivity (Wildman–Crippen MR) is 93.2 cm³/mol. The van der Waals surface area contributed by atoms with Gasteiger partial charge in [-0.25, -0.2) is 0 Å². The molecule has 0 rings (SSSR count). The van der Waals surface area contributed by atoms with Crippen LogP contribution in [0.2, 0.25) is 0 Å². The Hall–Kier alpha value is -1.02. The third kappa shape index (κ3) is 21.0. The fourth-order valence-electron chi connectivity index (χ4n) is 1.30. The summed E-state index contributed by atoms with van der Waals surface area (Å²) < 4.78 is 21.0. The molecule has 0 saturated carbocycles. The topological polar surface area (TPSA) is 83.1 Å². The molecule has 1 N–H and O–H groups in total. The quantitative estimate of drug-likeness (QED) is 0.451. The Labute approximate surface area is 146 Å². The maximum absolute atomic E-state index is 11.3. The van der Waals surface area contributed by atoms with E-state index in [0.29, 0.717) is 52.8 Å². The molecule has 0 aromatic heterocycles. The summed E-state index contributed by atoms with van der Waals surface area (Å²) in [6.45, 7) is 13.1. The monoisotopic (exact) mass is 349 g/mol. The number of ketones is 1. The second kappa shape index (κ2) is 20.0. The summed E-state index contributed by atoms with van der Waals surface area (Å²) >= 11 is 0. The zero-order chi connectivity index (χ0) is 18.6. The van der Waals surface area contributed by atoms with Crippen molar-refractivity contribution in [1.82, 2.24) is 5.32 Å². The highest BCUT2D eigenvalue weighted by molar-refractivity contribution is 5.81. The van der Waals surface area contributed by atoms with Crippen molar-refractivity contribution in [2.75, 3.05) is 59.4 Å². The summed E-state index contributed by atoms with van der Waals surface area (Å²) in [6, 6.07) is 0. The van der Waals surface area contributed by atoms with Crippen molar-refractivity contribution in [1.29, 1.82) is 0 Å². The fourth-order valence-corrected chi connectivity index (χ4v) is 1.30. The molecule has 0 atom stereocenters. The minimum Gasteiger partial charge on any atom is -0.377 e. The Morgan fingerprint density at radius 2 is 1.21 bits per heavy atom. The van der Waals surface area contributed by atoms with Gasteiger partial charge in [0, 0.05) is 19.4 Å². The van der Waals surface area contributed by atoms with Gasteiger partial charge in [-0.15, -0.1) is 0 Å². The van der Waals surface area contributed by atoms with Crippen LogP contribution in [0.1, 0.15) is 34.6 Å². The minimum atomic E-state index is -0.0606. The first-order chi connectivity index (χ1) is 11.5. The van der Waals surface area contributed by atoms with E-state index in [1.807, 2.05) is 27.7 Å². The van der Waals surface area contributed by atoms with Crippen molar-refractivity contribution >= 4 is 11.7 Å². The lowest BCUT2D eigenvalue weighted by Crippen LogP contribution is -2.25. The van der Waals surface area contributed by atoms with Crippen LogP contribution in [0.25, 0.3) is 0 Å². The van der Waals surface area contributed by atoms with Crippen molar-refractivity contribution in [3.05, 3.63) is 0 Å². The van der Waals surface area contributed by atoms with Gasteiger partial charge in [0.25, 0.3) is 0 Å². The standard InChI is InChI=1S/C15H29NO6.C2H6/c1-13(2)15(18)12-22-11-10-21-9-8-20-7-6-19-5-4-16-14(3)17;1-2/h13H,4-12H2,1-3H3,(H,16,17);1-2H3. The van der Waals surface area contributed by atoms with Gasteiger partial charge >= 0.3 is 0 Å². The lowest BCUT2D eigenvalue weighted by atomic mass is 10.1. The number of ether oxygens (including phenoxy) is 4. The highest BCUT2D eigenvalue weighted by atomic mass is 16.6. The van der Waals surface area contributed by atoms with Crippen LogP contribution in [0.3, 0.4) is 0 Å². The summed E-state index contributed by atoms with van der Waals surface area (Å²) in [4.78, 5) is 21.8. The normalized spacial score (nSPS) is 10.2. The summed E-state index contributed by atoms with van der Waals surface area (Å²) in [5.74, 6) is 0.0474. The van der Waals surface area contributed by atoms with Gasteiger partial charge in [-0.05, 0) is 0 Å². The van der Waals surface area contributed by atoms with Crippen molar-refractivity contribution in [2.45, 2.75) is 34.6 Å². The Kier molecular flexibility index (Phi) is 21.0. The number of hydrogen-bond acceptors (Lipinski definition) is 6. The maximum atomic E-state index is 11.3. The molecule has 0 saturated heterocycles. The maximum Gasteiger partial charge on any atom is 0.216 e. The Bertz CT molecular complexity index is 297. The molecule has 0 aliphatic carbocycles. The van der Waals surface area contributed by atoms with Gasteiger partial charge in [0.15, 0.2) is 5.78 Å². The third-order valence-corrected chi connectivity index (χ3v) is 2.62. The summed E-state index contributed by atoms with van der Waals surface area (Å²) in [6.07, 6.45) is 0. The van der Waals surface area contributed by atoms with Crippen LogP contribution < -0.4 is 5.32 Å². The number of carbonyl (C=O) groups excluding carboxylic acids is 2. The van der Waals surface area contributed by atoms with E-state index < -0.39 is 0 Å². The summed E-state index contributed by atoms with van der Waals surface area (Å²) in [5.41, 5.74) is 0. The molecule has 144 valence electrons. The Morgan fingerprint density at radius 3 is 1.62 bits per heavy atom. The smallest absolute Gasteiger partial charge is 0.216 e. The van der Waals surface area contributed by atoms with Gasteiger partial charge in [-0.3, -0.25) is 9.59 Å². The average Bonchev–Trinajstić information content (AvgIpc) is 2.56. The largest absolute Gasteiger partial charge is 0.377 e. The first kappa shape index (κ1) is 25.2.